The normalized spacial score (nSPS) is 12.6. The van der Waals surface area contributed by atoms with Crippen molar-refractivity contribution in [2.24, 2.45) is 0 Å². The summed E-state index contributed by atoms with van der Waals surface area (Å²) < 4.78 is 13.4. The molecule has 0 heterocycles. The highest BCUT2D eigenvalue weighted by Crippen LogP contribution is 2.36. The van der Waals surface area contributed by atoms with E-state index in [9.17, 15) is 4.39 Å². The molecule has 0 aromatic heterocycles. The lowest BCUT2D eigenvalue weighted by Crippen LogP contribution is -2.04. The fourth-order valence-corrected chi connectivity index (χ4v) is 3.08. The van der Waals surface area contributed by atoms with Crippen LogP contribution in [0.3, 0.4) is 0 Å². The Balaban J connectivity index is 2.58. The van der Waals surface area contributed by atoms with Crippen LogP contribution in [-0.4, -0.2) is 0 Å². The third kappa shape index (κ3) is 2.60. The molecule has 1 atom stereocenters. The molecular formula is C18H20ClF. The molecule has 0 bridgehead atoms. The van der Waals surface area contributed by atoms with E-state index < -0.39 is 0 Å². The lowest BCUT2D eigenvalue weighted by molar-refractivity contribution is 0.617. The Morgan fingerprint density at radius 1 is 0.850 bits per heavy atom. The van der Waals surface area contributed by atoms with Gasteiger partial charge in [0.2, 0.25) is 0 Å². The second-order valence-electron chi connectivity index (χ2n) is 5.55. The van der Waals surface area contributed by atoms with Crippen molar-refractivity contribution in [2.75, 3.05) is 0 Å². The summed E-state index contributed by atoms with van der Waals surface area (Å²) in [5, 5.41) is -0.243. The molecule has 0 aliphatic rings. The molecule has 0 fully saturated rings. The highest BCUT2D eigenvalue weighted by atomic mass is 35.5. The molecule has 106 valence electrons. The van der Waals surface area contributed by atoms with Gasteiger partial charge in [0, 0.05) is 0 Å². The van der Waals surface area contributed by atoms with Gasteiger partial charge in [-0.3, -0.25) is 0 Å². The zero-order valence-electron chi connectivity index (χ0n) is 12.6. The molecule has 0 amide bonds. The predicted octanol–water partition coefficient (Wildman–Crippen LogP) is 5.70. The third-order valence-corrected chi connectivity index (χ3v) is 4.62. The number of benzene rings is 2. The molecule has 2 aromatic carbocycles. The largest absolute Gasteiger partial charge is 0.207 e. The Bertz CT molecular complexity index is 633. The molecule has 0 nitrogen and oxygen atoms in total. The van der Waals surface area contributed by atoms with Crippen molar-refractivity contribution >= 4 is 11.6 Å². The van der Waals surface area contributed by atoms with Gasteiger partial charge in [-0.2, -0.15) is 0 Å². The first-order chi connectivity index (χ1) is 9.32. The van der Waals surface area contributed by atoms with Gasteiger partial charge in [0.1, 0.15) is 5.82 Å². The first kappa shape index (κ1) is 15.1. The molecule has 1 unspecified atom stereocenters. The Kier molecular flexibility index (Phi) is 4.19. The van der Waals surface area contributed by atoms with Crippen molar-refractivity contribution in [2.45, 2.75) is 40.0 Å². The maximum Gasteiger partial charge on any atom is 0.126 e. The van der Waals surface area contributed by atoms with Gasteiger partial charge in [0.25, 0.3) is 0 Å². The van der Waals surface area contributed by atoms with Crippen LogP contribution in [0.15, 0.2) is 24.3 Å². The SMILES string of the molecule is Cc1cc(C(Cl)c2c(C)c(C)cc(C)c2C)ccc1F. The van der Waals surface area contributed by atoms with Crippen LogP contribution in [0, 0.1) is 40.4 Å². The van der Waals surface area contributed by atoms with E-state index >= 15 is 0 Å². The van der Waals surface area contributed by atoms with Gasteiger partial charge in [-0.25, -0.2) is 4.39 Å². The average molecular weight is 291 g/mol. The number of halogens is 2. The molecule has 2 heteroatoms. The topological polar surface area (TPSA) is 0 Å². The molecule has 0 radical (unpaired) electrons. The van der Waals surface area contributed by atoms with Crippen molar-refractivity contribution in [1.29, 1.82) is 0 Å². The van der Waals surface area contributed by atoms with Gasteiger partial charge in [0.05, 0.1) is 5.38 Å². The number of alkyl halides is 1. The summed E-state index contributed by atoms with van der Waals surface area (Å²) in [7, 11) is 0. The number of hydrogen-bond acceptors (Lipinski definition) is 0. The van der Waals surface area contributed by atoms with E-state index in [0.717, 1.165) is 11.1 Å². The van der Waals surface area contributed by atoms with Crippen LogP contribution in [-0.2, 0) is 0 Å². The van der Waals surface area contributed by atoms with Gasteiger partial charge in [0.15, 0.2) is 0 Å². The van der Waals surface area contributed by atoms with Crippen LogP contribution < -0.4 is 0 Å². The molecule has 0 aliphatic heterocycles. The molecular weight excluding hydrogens is 271 g/mol. The zero-order valence-corrected chi connectivity index (χ0v) is 13.4. The zero-order chi connectivity index (χ0) is 15.0. The van der Waals surface area contributed by atoms with E-state index in [1.807, 2.05) is 6.07 Å². The Labute approximate surface area is 125 Å². The molecule has 2 rings (SSSR count). The van der Waals surface area contributed by atoms with Crippen LogP contribution in [0.2, 0.25) is 0 Å². The molecule has 20 heavy (non-hydrogen) atoms. The fourth-order valence-electron chi connectivity index (χ4n) is 2.62. The molecule has 0 N–H and O–H groups in total. The molecule has 0 spiro atoms. The summed E-state index contributed by atoms with van der Waals surface area (Å²) in [4.78, 5) is 0. The van der Waals surface area contributed by atoms with Gasteiger partial charge in [-0.05, 0) is 79.6 Å². The summed E-state index contributed by atoms with van der Waals surface area (Å²) in [6.45, 7) is 10.2. The van der Waals surface area contributed by atoms with E-state index in [2.05, 4.69) is 33.8 Å². The summed E-state index contributed by atoms with van der Waals surface area (Å²) in [6.07, 6.45) is 0. The van der Waals surface area contributed by atoms with Crippen LogP contribution in [0.1, 0.15) is 44.3 Å². The van der Waals surface area contributed by atoms with Gasteiger partial charge < -0.3 is 0 Å². The molecule has 2 aromatic rings. The Morgan fingerprint density at radius 3 is 1.90 bits per heavy atom. The molecule has 0 saturated carbocycles. The number of rotatable bonds is 2. The lowest BCUT2D eigenvalue weighted by Gasteiger charge is -2.20. The van der Waals surface area contributed by atoms with Crippen molar-refractivity contribution in [3.63, 3.8) is 0 Å². The van der Waals surface area contributed by atoms with E-state index in [1.165, 1.54) is 28.3 Å². The second kappa shape index (κ2) is 5.57. The monoisotopic (exact) mass is 290 g/mol. The van der Waals surface area contributed by atoms with Crippen LogP contribution in [0.4, 0.5) is 4.39 Å². The highest BCUT2D eigenvalue weighted by Gasteiger charge is 2.19. The van der Waals surface area contributed by atoms with Crippen molar-refractivity contribution < 1.29 is 4.39 Å². The van der Waals surface area contributed by atoms with Crippen LogP contribution in [0.25, 0.3) is 0 Å². The van der Waals surface area contributed by atoms with E-state index in [1.54, 1.807) is 13.0 Å². The van der Waals surface area contributed by atoms with Crippen LogP contribution in [0.5, 0.6) is 0 Å². The maximum atomic E-state index is 13.4. The first-order valence-electron chi connectivity index (χ1n) is 6.80. The van der Waals surface area contributed by atoms with E-state index in [4.69, 9.17) is 11.6 Å². The minimum absolute atomic E-state index is 0.188. The van der Waals surface area contributed by atoms with Crippen LogP contribution >= 0.6 is 11.6 Å². The Hall–Kier alpha value is -1.34. The van der Waals surface area contributed by atoms with Gasteiger partial charge >= 0.3 is 0 Å². The molecule has 0 aliphatic carbocycles. The molecule has 0 saturated heterocycles. The van der Waals surface area contributed by atoms with E-state index in [-0.39, 0.29) is 11.2 Å². The summed E-state index contributed by atoms with van der Waals surface area (Å²) >= 11 is 6.69. The van der Waals surface area contributed by atoms with E-state index in [0.29, 0.717) is 5.56 Å². The summed E-state index contributed by atoms with van der Waals surface area (Å²) in [5.41, 5.74) is 7.65. The van der Waals surface area contributed by atoms with Crippen molar-refractivity contribution in [3.8, 4) is 0 Å². The van der Waals surface area contributed by atoms with Crippen molar-refractivity contribution in [1.82, 2.24) is 0 Å². The maximum absolute atomic E-state index is 13.4. The minimum Gasteiger partial charge on any atom is -0.207 e. The third-order valence-electron chi connectivity index (χ3n) is 4.15. The average Bonchev–Trinajstić information content (AvgIpc) is 2.40. The second-order valence-corrected chi connectivity index (χ2v) is 5.98. The lowest BCUT2D eigenvalue weighted by atomic mass is 9.89. The number of aryl methyl sites for hydroxylation is 3. The number of hydrogen-bond donors (Lipinski definition) is 0. The summed E-state index contributed by atoms with van der Waals surface area (Å²) in [5.74, 6) is -0.188. The predicted molar refractivity (Wildman–Crippen MR) is 84.2 cm³/mol. The minimum atomic E-state index is -0.243. The van der Waals surface area contributed by atoms with Gasteiger partial charge in [-0.15, -0.1) is 11.6 Å². The highest BCUT2D eigenvalue weighted by molar-refractivity contribution is 6.22. The Morgan fingerprint density at radius 2 is 1.40 bits per heavy atom. The fraction of sp³-hybridized carbons (Fsp3) is 0.333. The first-order valence-corrected chi connectivity index (χ1v) is 7.24. The standard InChI is InChI=1S/C18H20ClF/c1-10-8-11(2)14(5)17(13(10)4)18(19)15-6-7-16(20)12(3)9-15/h6-9,18H,1-5H3. The van der Waals surface area contributed by atoms with Gasteiger partial charge in [-0.1, -0.05) is 18.2 Å². The quantitative estimate of drug-likeness (QED) is 0.623. The smallest absolute Gasteiger partial charge is 0.126 e. The summed E-state index contributed by atoms with van der Waals surface area (Å²) in [6, 6.07) is 7.29. The van der Waals surface area contributed by atoms with Crippen molar-refractivity contribution in [3.05, 3.63) is 69.0 Å².